The predicted octanol–water partition coefficient (Wildman–Crippen LogP) is 4.03. The lowest BCUT2D eigenvalue weighted by molar-refractivity contribution is -0.129. The van der Waals surface area contributed by atoms with E-state index in [0.717, 1.165) is 17.0 Å². The second-order valence-electron chi connectivity index (χ2n) is 10.1. The van der Waals surface area contributed by atoms with Crippen molar-refractivity contribution in [3.63, 3.8) is 0 Å². The molecule has 3 aliphatic heterocycles. The third-order valence-electron chi connectivity index (χ3n) is 7.94. The highest BCUT2D eigenvalue weighted by Gasteiger charge is 2.43. The van der Waals surface area contributed by atoms with Crippen molar-refractivity contribution in [2.75, 3.05) is 44.1 Å². The Labute approximate surface area is 238 Å². The van der Waals surface area contributed by atoms with E-state index in [4.69, 9.17) is 21.1 Å². The summed E-state index contributed by atoms with van der Waals surface area (Å²) in [6.07, 6.45) is 1.01. The molecule has 2 saturated heterocycles. The fourth-order valence-corrected chi connectivity index (χ4v) is 7.53. The highest BCUT2D eigenvalue weighted by atomic mass is 35.5. The Morgan fingerprint density at radius 2 is 2.00 bits per heavy atom. The molecule has 0 radical (unpaired) electrons. The highest BCUT2D eigenvalue weighted by Crippen LogP contribution is 2.45. The van der Waals surface area contributed by atoms with Gasteiger partial charge in [-0.15, -0.1) is 11.8 Å². The zero-order valence-electron chi connectivity index (χ0n) is 22.0. The highest BCUT2D eigenvalue weighted by molar-refractivity contribution is 7.99. The molecule has 1 aromatic heterocycles. The van der Waals surface area contributed by atoms with Crippen LogP contribution in [0, 0.1) is 18.6 Å². The number of ether oxygens (including phenoxy) is 2. The van der Waals surface area contributed by atoms with Crippen LogP contribution in [0.25, 0.3) is 22.0 Å². The molecule has 6 rings (SSSR count). The Hall–Kier alpha value is -2.99. The molecule has 210 valence electrons. The molecule has 2 fully saturated rings. The molecule has 0 N–H and O–H groups in total. The van der Waals surface area contributed by atoms with Gasteiger partial charge in [0.05, 0.1) is 48.5 Å². The van der Waals surface area contributed by atoms with Gasteiger partial charge in [0, 0.05) is 53.4 Å². The number of halogens is 3. The first-order valence-electron chi connectivity index (χ1n) is 12.9. The number of fused-ring (bicyclic) bond motifs is 1. The summed E-state index contributed by atoms with van der Waals surface area (Å²) in [5.41, 5.74) is 1.57. The van der Waals surface area contributed by atoms with E-state index in [1.54, 1.807) is 16.6 Å². The molecular weight excluding hydrogens is 562 g/mol. The summed E-state index contributed by atoms with van der Waals surface area (Å²) in [5.74, 6) is -0.747. The smallest absolute Gasteiger partial charge is 0.350 e. The van der Waals surface area contributed by atoms with Gasteiger partial charge in [-0.05, 0) is 30.7 Å². The van der Waals surface area contributed by atoms with E-state index in [-0.39, 0.29) is 41.2 Å². The lowest BCUT2D eigenvalue weighted by Gasteiger charge is -2.44. The molecule has 12 heteroatoms. The van der Waals surface area contributed by atoms with Crippen LogP contribution in [-0.4, -0.2) is 77.7 Å². The molecule has 0 bridgehead atoms. The number of piperazine rings is 1. The van der Waals surface area contributed by atoms with Crippen molar-refractivity contribution in [2.45, 2.75) is 36.6 Å². The number of aromatic nitrogens is 2. The van der Waals surface area contributed by atoms with Gasteiger partial charge in [-0.1, -0.05) is 18.2 Å². The van der Waals surface area contributed by atoms with Gasteiger partial charge < -0.3 is 19.3 Å². The molecule has 3 atom stereocenters. The number of methoxy groups -OCH3 is 1. The summed E-state index contributed by atoms with van der Waals surface area (Å²) in [5, 5.41) is 0.534. The zero-order valence-corrected chi connectivity index (χ0v) is 23.5. The number of hydrogen-bond acceptors (Lipinski definition) is 7. The summed E-state index contributed by atoms with van der Waals surface area (Å²) in [6, 6.07) is 3.55. The summed E-state index contributed by atoms with van der Waals surface area (Å²) in [6.45, 7) is 7.36. The standard InChI is InChI=1S/C28H27ClF2N4O4S/c1-4-23(36)33-5-6-34(22-12-39-11-21(22)33)27-17-7-14(2)24(16-8-18(29)20(31)9-19(16)30)26-25(17)35(28(37)32-27)10-15(38-3)13-40-26/h4,7-9,15,21-22H,1,5-6,10-13H2,2-3H3/t15-,21-,22+/m0/s1. The van der Waals surface area contributed by atoms with Crippen molar-refractivity contribution in [3.8, 4) is 11.1 Å². The van der Waals surface area contributed by atoms with Gasteiger partial charge in [0.1, 0.15) is 17.5 Å². The van der Waals surface area contributed by atoms with Crippen LogP contribution in [0.4, 0.5) is 14.6 Å². The third kappa shape index (κ3) is 4.30. The van der Waals surface area contributed by atoms with Crippen molar-refractivity contribution in [1.82, 2.24) is 14.5 Å². The van der Waals surface area contributed by atoms with Crippen LogP contribution < -0.4 is 10.6 Å². The summed E-state index contributed by atoms with van der Waals surface area (Å²) >= 11 is 7.54. The Bertz CT molecular complexity index is 1620. The minimum absolute atomic E-state index is 0.155. The number of nitrogens with zero attached hydrogens (tertiary/aromatic N) is 4. The van der Waals surface area contributed by atoms with E-state index in [1.807, 2.05) is 17.9 Å². The fourth-order valence-electron chi connectivity index (χ4n) is 6.00. The lowest BCUT2D eigenvalue weighted by Crippen LogP contribution is -2.61. The SMILES string of the molecule is C=CC(=O)N1CCN(c2nc(=O)n3c4c(c(-c5cc(Cl)c(F)cc5F)c(C)cc24)SC[C@@H](OC)C3)[C@@H]2COC[C@@H]21. The van der Waals surface area contributed by atoms with Gasteiger partial charge in [-0.3, -0.25) is 9.36 Å². The summed E-state index contributed by atoms with van der Waals surface area (Å²) in [4.78, 5) is 35.2. The van der Waals surface area contributed by atoms with Gasteiger partial charge in [-0.2, -0.15) is 4.98 Å². The zero-order chi connectivity index (χ0) is 28.3. The number of benzene rings is 2. The van der Waals surface area contributed by atoms with Crippen LogP contribution in [0.2, 0.25) is 5.02 Å². The predicted molar refractivity (Wildman–Crippen MR) is 150 cm³/mol. The molecule has 40 heavy (non-hydrogen) atoms. The number of thioether (sulfide) groups is 1. The van der Waals surface area contributed by atoms with Crippen LogP contribution in [0.15, 0.2) is 40.5 Å². The van der Waals surface area contributed by atoms with Crippen LogP contribution in [0.3, 0.4) is 0 Å². The molecule has 3 aliphatic rings. The van der Waals surface area contributed by atoms with Crippen LogP contribution in [-0.2, 0) is 20.8 Å². The van der Waals surface area contributed by atoms with E-state index in [2.05, 4.69) is 11.6 Å². The number of rotatable bonds is 4. The first-order chi connectivity index (χ1) is 19.2. The average Bonchev–Trinajstić information content (AvgIpc) is 3.35. The van der Waals surface area contributed by atoms with Gasteiger partial charge in [-0.25, -0.2) is 13.6 Å². The second-order valence-corrected chi connectivity index (χ2v) is 11.6. The molecule has 4 heterocycles. The van der Waals surface area contributed by atoms with Crippen molar-refractivity contribution in [3.05, 3.63) is 63.6 Å². The van der Waals surface area contributed by atoms with E-state index in [9.17, 15) is 14.0 Å². The van der Waals surface area contributed by atoms with Gasteiger partial charge in [0.25, 0.3) is 0 Å². The van der Waals surface area contributed by atoms with Gasteiger partial charge in [0.2, 0.25) is 5.91 Å². The Kier molecular flexibility index (Phi) is 7.10. The normalized spacial score (nSPS) is 22.4. The molecule has 0 aliphatic carbocycles. The second kappa shape index (κ2) is 10.4. The maximum Gasteiger partial charge on any atom is 0.350 e. The average molecular weight is 589 g/mol. The molecule has 0 saturated carbocycles. The van der Waals surface area contributed by atoms with Crippen molar-refractivity contribution in [1.29, 1.82) is 0 Å². The number of carbonyl (C=O) groups excluding carboxylic acids is 1. The number of hydrogen-bond donors (Lipinski definition) is 0. The van der Waals surface area contributed by atoms with Gasteiger partial charge in [0.15, 0.2) is 0 Å². The fraction of sp³-hybridized carbons (Fsp3) is 0.393. The van der Waals surface area contributed by atoms with E-state index >= 15 is 4.39 Å². The largest absolute Gasteiger partial charge is 0.379 e. The first kappa shape index (κ1) is 27.2. The monoisotopic (exact) mass is 588 g/mol. The van der Waals surface area contributed by atoms with E-state index < -0.39 is 17.3 Å². The molecule has 2 aromatic carbocycles. The number of amides is 1. The lowest BCUT2D eigenvalue weighted by atomic mass is 9.96. The Balaban J connectivity index is 1.60. The topological polar surface area (TPSA) is 76.9 Å². The molecular formula is C28H27ClF2N4O4S. The van der Waals surface area contributed by atoms with Crippen LogP contribution in [0.1, 0.15) is 5.56 Å². The van der Waals surface area contributed by atoms with E-state index in [1.165, 1.54) is 23.9 Å². The molecule has 0 spiro atoms. The minimum Gasteiger partial charge on any atom is -0.379 e. The van der Waals surface area contributed by atoms with Crippen molar-refractivity contribution >= 4 is 46.0 Å². The van der Waals surface area contributed by atoms with Crippen LogP contribution >= 0.6 is 23.4 Å². The van der Waals surface area contributed by atoms with Gasteiger partial charge >= 0.3 is 5.69 Å². The molecule has 8 nitrogen and oxygen atoms in total. The van der Waals surface area contributed by atoms with Crippen molar-refractivity contribution in [2.24, 2.45) is 0 Å². The number of anilines is 1. The Morgan fingerprint density at radius 3 is 2.75 bits per heavy atom. The number of carbonyl (C=O) groups is 1. The maximum absolute atomic E-state index is 15.2. The molecule has 0 unspecified atom stereocenters. The van der Waals surface area contributed by atoms with Crippen molar-refractivity contribution < 1.29 is 23.0 Å². The number of aryl methyl sites for hydroxylation is 1. The minimum atomic E-state index is -0.842. The van der Waals surface area contributed by atoms with Crippen LogP contribution in [0.5, 0.6) is 0 Å². The quantitative estimate of drug-likeness (QED) is 0.336. The van der Waals surface area contributed by atoms with E-state index in [0.29, 0.717) is 53.8 Å². The Morgan fingerprint density at radius 1 is 1.23 bits per heavy atom. The molecule has 1 amide bonds. The maximum atomic E-state index is 15.2. The summed E-state index contributed by atoms with van der Waals surface area (Å²) < 4.78 is 42.3. The first-order valence-corrected chi connectivity index (χ1v) is 14.3. The third-order valence-corrected chi connectivity index (χ3v) is 9.46. The molecule has 3 aromatic rings. The summed E-state index contributed by atoms with van der Waals surface area (Å²) in [7, 11) is 1.58.